The van der Waals surface area contributed by atoms with E-state index in [0.29, 0.717) is 22.7 Å². The third-order valence-electron chi connectivity index (χ3n) is 4.08. The first-order valence-corrected chi connectivity index (χ1v) is 8.01. The third kappa shape index (κ3) is 3.01. The molecule has 4 rings (SSSR count). The Morgan fingerprint density at radius 3 is 2.74 bits per heavy atom. The van der Waals surface area contributed by atoms with E-state index in [0.717, 1.165) is 5.39 Å². The van der Waals surface area contributed by atoms with Crippen LogP contribution in [-0.2, 0) is 7.05 Å². The zero-order chi connectivity index (χ0) is 19.0. The van der Waals surface area contributed by atoms with Crippen LogP contribution in [0.5, 0.6) is 0 Å². The summed E-state index contributed by atoms with van der Waals surface area (Å²) in [5.74, 6) is -0.923. The molecule has 1 amide bonds. The lowest BCUT2D eigenvalue weighted by Crippen LogP contribution is -2.18. The molecule has 3 heterocycles. The Morgan fingerprint density at radius 2 is 2.00 bits per heavy atom. The zero-order valence-electron chi connectivity index (χ0n) is 14.2. The number of aryl methyl sites for hydroxylation is 1. The average molecular weight is 362 g/mol. The number of carboxylic acid groups (broad SMARTS) is 1. The van der Waals surface area contributed by atoms with Crippen molar-refractivity contribution in [2.24, 2.45) is 7.05 Å². The molecular formula is C18H14N6O3. The molecule has 0 unspecified atom stereocenters. The second kappa shape index (κ2) is 6.37. The molecule has 0 fully saturated rings. The number of rotatable bonds is 4. The number of H-pyrrole nitrogens is 1. The van der Waals surface area contributed by atoms with Crippen molar-refractivity contribution in [1.29, 1.82) is 0 Å². The maximum Gasteiger partial charge on any atom is 0.336 e. The molecule has 27 heavy (non-hydrogen) atoms. The minimum absolute atomic E-state index is 0.166. The van der Waals surface area contributed by atoms with Crippen molar-refractivity contribution in [3.8, 4) is 11.3 Å². The van der Waals surface area contributed by atoms with Crippen molar-refractivity contribution in [1.82, 2.24) is 24.7 Å². The maximum atomic E-state index is 12.2. The summed E-state index contributed by atoms with van der Waals surface area (Å²) in [5.41, 5.74) is 1.92. The van der Waals surface area contributed by atoms with Gasteiger partial charge in [0.05, 0.1) is 5.56 Å². The molecular weight excluding hydrogens is 348 g/mol. The monoisotopic (exact) mass is 362 g/mol. The molecule has 0 aliphatic rings. The highest BCUT2D eigenvalue weighted by Gasteiger charge is 2.15. The van der Waals surface area contributed by atoms with Crippen LogP contribution in [-0.4, -0.2) is 41.7 Å². The van der Waals surface area contributed by atoms with Crippen molar-refractivity contribution < 1.29 is 14.7 Å². The van der Waals surface area contributed by atoms with E-state index >= 15 is 0 Å². The van der Waals surface area contributed by atoms with E-state index in [1.54, 1.807) is 43.4 Å². The van der Waals surface area contributed by atoms with Crippen LogP contribution in [0.4, 0.5) is 5.82 Å². The molecule has 0 saturated heterocycles. The molecule has 0 aliphatic carbocycles. The summed E-state index contributed by atoms with van der Waals surface area (Å²) in [6.07, 6.45) is 1.29. The van der Waals surface area contributed by atoms with Gasteiger partial charge in [0.25, 0.3) is 5.91 Å². The van der Waals surface area contributed by atoms with Gasteiger partial charge in [-0.2, -0.15) is 5.10 Å². The third-order valence-corrected chi connectivity index (χ3v) is 4.08. The van der Waals surface area contributed by atoms with Gasteiger partial charge >= 0.3 is 5.97 Å². The Kier molecular flexibility index (Phi) is 3.88. The van der Waals surface area contributed by atoms with Crippen molar-refractivity contribution >= 4 is 28.7 Å². The van der Waals surface area contributed by atoms with Crippen LogP contribution in [0, 0.1) is 0 Å². The van der Waals surface area contributed by atoms with Gasteiger partial charge in [0.15, 0.2) is 0 Å². The molecule has 0 bridgehead atoms. The SMILES string of the molecule is Cn1ncnc1C(=O)Nc1ccc2cc(-c3ccccc3C(=O)O)[nH]c2n1. The highest BCUT2D eigenvalue weighted by Crippen LogP contribution is 2.27. The normalized spacial score (nSPS) is 10.9. The minimum atomic E-state index is -1.01. The minimum Gasteiger partial charge on any atom is -0.478 e. The van der Waals surface area contributed by atoms with Crippen molar-refractivity contribution in [3.63, 3.8) is 0 Å². The molecule has 0 radical (unpaired) electrons. The molecule has 3 aromatic heterocycles. The van der Waals surface area contributed by atoms with Crippen LogP contribution >= 0.6 is 0 Å². The highest BCUT2D eigenvalue weighted by atomic mass is 16.4. The smallest absolute Gasteiger partial charge is 0.336 e. The van der Waals surface area contributed by atoms with Gasteiger partial charge in [-0.1, -0.05) is 18.2 Å². The topological polar surface area (TPSA) is 126 Å². The lowest BCUT2D eigenvalue weighted by atomic mass is 10.0. The Balaban J connectivity index is 1.68. The molecule has 3 N–H and O–H groups in total. The number of amides is 1. The largest absolute Gasteiger partial charge is 0.478 e. The number of carboxylic acids is 1. The van der Waals surface area contributed by atoms with Gasteiger partial charge in [-0.05, 0) is 24.3 Å². The Labute approximate surface area is 152 Å². The first-order chi connectivity index (χ1) is 13.0. The first kappa shape index (κ1) is 16.5. The quantitative estimate of drug-likeness (QED) is 0.511. The molecule has 134 valence electrons. The van der Waals surface area contributed by atoms with Crippen LogP contribution in [0.25, 0.3) is 22.3 Å². The average Bonchev–Trinajstić information content (AvgIpc) is 3.27. The number of hydrogen-bond acceptors (Lipinski definition) is 5. The number of nitrogens with one attached hydrogen (secondary N) is 2. The maximum absolute atomic E-state index is 12.2. The summed E-state index contributed by atoms with van der Waals surface area (Å²) in [6, 6.07) is 12.0. The zero-order valence-corrected chi connectivity index (χ0v) is 14.2. The summed E-state index contributed by atoms with van der Waals surface area (Å²) in [4.78, 5) is 35.0. The number of nitrogens with zero attached hydrogens (tertiary/aromatic N) is 4. The second-order valence-electron chi connectivity index (χ2n) is 5.83. The van der Waals surface area contributed by atoms with Gasteiger partial charge in [-0.15, -0.1) is 0 Å². The summed E-state index contributed by atoms with van der Waals surface area (Å²) < 4.78 is 1.36. The van der Waals surface area contributed by atoms with Crippen LogP contribution in [0.3, 0.4) is 0 Å². The first-order valence-electron chi connectivity index (χ1n) is 8.01. The number of pyridine rings is 1. The van der Waals surface area contributed by atoms with E-state index in [-0.39, 0.29) is 11.4 Å². The van der Waals surface area contributed by atoms with Crippen LogP contribution < -0.4 is 5.32 Å². The van der Waals surface area contributed by atoms with Gasteiger partial charge in [-0.3, -0.25) is 4.79 Å². The second-order valence-corrected chi connectivity index (χ2v) is 5.83. The lowest BCUT2D eigenvalue weighted by molar-refractivity contribution is 0.0697. The van der Waals surface area contributed by atoms with E-state index in [2.05, 4.69) is 25.4 Å². The molecule has 0 atom stereocenters. The van der Waals surface area contributed by atoms with Gasteiger partial charge in [0.2, 0.25) is 5.82 Å². The number of carbonyl (C=O) groups excluding carboxylic acids is 1. The van der Waals surface area contributed by atoms with Crippen LogP contribution in [0.15, 0.2) is 48.8 Å². The molecule has 9 nitrogen and oxygen atoms in total. The van der Waals surface area contributed by atoms with Crippen LogP contribution in [0.2, 0.25) is 0 Å². The molecule has 0 saturated carbocycles. The van der Waals surface area contributed by atoms with Gasteiger partial charge in [-0.25, -0.2) is 19.4 Å². The Hall–Kier alpha value is -4.01. The number of aromatic amines is 1. The van der Waals surface area contributed by atoms with E-state index in [1.807, 2.05) is 6.07 Å². The standard InChI is InChI=1S/C18H14N6O3/c1-24-16(19-9-20-24)17(25)23-14-7-6-10-8-13(21-15(10)22-14)11-4-2-3-5-12(11)18(26)27/h2-9H,1H3,(H,26,27)(H2,21,22,23,25). The predicted molar refractivity (Wildman–Crippen MR) is 97.4 cm³/mol. The van der Waals surface area contributed by atoms with Crippen LogP contribution in [0.1, 0.15) is 21.0 Å². The van der Waals surface area contributed by atoms with Gasteiger partial charge < -0.3 is 15.4 Å². The highest BCUT2D eigenvalue weighted by molar-refractivity contribution is 6.02. The molecule has 4 aromatic rings. The Bertz CT molecular complexity index is 1180. The molecule has 0 aliphatic heterocycles. The number of fused-ring (bicyclic) bond motifs is 1. The number of benzene rings is 1. The molecule has 9 heteroatoms. The van der Waals surface area contributed by atoms with Gasteiger partial charge in [0.1, 0.15) is 17.8 Å². The van der Waals surface area contributed by atoms with Crippen molar-refractivity contribution in [2.75, 3.05) is 5.32 Å². The number of aromatic nitrogens is 5. The van der Waals surface area contributed by atoms with Crippen molar-refractivity contribution in [3.05, 3.63) is 60.2 Å². The predicted octanol–water partition coefficient (Wildman–Crippen LogP) is 2.31. The number of aromatic carboxylic acids is 1. The number of anilines is 1. The van der Waals surface area contributed by atoms with E-state index in [1.165, 1.54) is 11.0 Å². The van der Waals surface area contributed by atoms with E-state index in [9.17, 15) is 14.7 Å². The fourth-order valence-electron chi connectivity index (χ4n) is 2.80. The fraction of sp³-hybridized carbons (Fsp3) is 0.0556. The fourth-order valence-corrected chi connectivity index (χ4v) is 2.80. The Morgan fingerprint density at radius 1 is 1.19 bits per heavy atom. The number of hydrogen-bond donors (Lipinski definition) is 3. The van der Waals surface area contributed by atoms with E-state index in [4.69, 9.17) is 0 Å². The molecule has 0 spiro atoms. The van der Waals surface area contributed by atoms with Crippen molar-refractivity contribution in [2.45, 2.75) is 0 Å². The number of carbonyl (C=O) groups is 2. The summed E-state index contributed by atoms with van der Waals surface area (Å²) in [5, 5.41) is 16.7. The van der Waals surface area contributed by atoms with E-state index < -0.39 is 11.9 Å². The molecule has 1 aromatic carbocycles. The van der Waals surface area contributed by atoms with Gasteiger partial charge in [0, 0.05) is 23.7 Å². The summed E-state index contributed by atoms with van der Waals surface area (Å²) >= 11 is 0. The summed E-state index contributed by atoms with van der Waals surface area (Å²) in [6.45, 7) is 0. The lowest BCUT2D eigenvalue weighted by Gasteiger charge is -2.03. The summed E-state index contributed by atoms with van der Waals surface area (Å²) in [7, 11) is 1.62.